The second kappa shape index (κ2) is 9.79. The van der Waals surface area contributed by atoms with Crippen molar-refractivity contribution in [3.63, 3.8) is 0 Å². The highest BCUT2D eigenvalue weighted by Gasteiger charge is 2.34. The Bertz CT molecular complexity index is 983. The van der Waals surface area contributed by atoms with Gasteiger partial charge in [-0.25, -0.2) is 12.8 Å². The Morgan fingerprint density at radius 2 is 1.70 bits per heavy atom. The van der Waals surface area contributed by atoms with E-state index in [1.165, 1.54) is 12.1 Å². The number of amides is 2. The third-order valence-corrected chi connectivity index (χ3v) is 6.42. The monoisotopic (exact) mass is 435 g/mol. The van der Waals surface area contributed by atoms with E-state index >= 15 is 0 Å². The summed E-state index contributed by atoms with van der Waals surface area (Å²) in [5.74, 6) is -2.27. The highest BCUT2D eigenvalue weighted by atomic mass is 32.2. The second-order valence-corrected chi connectivity index (χ2v) is 8.52. The van der Waals surface area contributed by atoms with Crippen LogP contribution in [0.4, 0.5) is 4.39 Å². The Balaban J connectivity index is 1.59. The van der Waals surface area contributed by atoms with Crippen LogP contribution in [0, 0.1) is 5.82 Å². The lowest BCUT2D eigenvalue weighted by Gasteiger charge is -2.34. The van der Waals surface area contributed by atoms with E-state index in [-0.39, 0.29) is 24.5 Å². The summed E-state index contributed by atoms with van der Waals surface area (Å²) in [5, 5.41) is 4.91. The van der Waals surface area contributed by atoms with Crippen LogP contribution < -0.4 is 10.6 Å². The Kier molecular flexibility index (Phi) is 7.14. The number of carbonyl (C=O) groups excluding carboxylic acids is 2. The Hall–Kier alpha value is -2.82. The molecule has 0 spiro atoms. The quantitative estimate of drug-likeness (QED) is 0.659. The van der Waals surface area contributed by atoms with Gasteiger partial charge in [-0.2, -0.15) is 4.31 Å². The first-order valence-electron chi connectivity index (χ1n) is 9.37. The fraction of sp³-hybridized carbons (Fsp3) is 0.300. The molecule has 0 radical (unpaired) electrons. The molecule has 30 heavy (non-hydrogen) atoms. The maximum absolute atomic E-state index is 13.1. The third kappa shape index (κ3) is 5.41. The molecule has 0 aromatic heterocycles. The van der Waals surface area contributed by atoms with Crippen molar-refractivity contribution in [3.8, 4) is 0 Å². The van der Waals surface area contributed by atoms with Gasteiger partial charge < -0.3 is 15.4 Å². The van der Waals surface area contributed by atoms with Gasteiger partial charge in [-0.05, 0) is 36.2 Å². The minimum atomic E-state index is -3.95. The van der Waals surface area contributed by atoms with Crippen molar-refractivity contribution < 1.29 is 27.1 Å². The minimum Gasteiger partial charge on any atom is -0.360 e. The van der Waals surface area contributed by atoms with Crippen molar-refractivity contribution in [3.05, 3.63) is 66.0 Å². The number of nitrogens with zero attached hydrogens (tertiary/aromatic N) is 1. The summed E-state index contributed by atoms with van der Waals surface area (Å²) < 4.78 is 45.5. The molecular formula is C20H22FN3O5S. The summed E-state index contributed by atoms with van der Waals surface area (Å²) in [7, 11) is -3.95. The number of sulfonamides is 1. The van der Waals surface area contributed by atoms with Crippen molar-refractivity contribution in [1.29, 1.82) is 0 Å². The maximum atomic E-state index is 13.1. The SMILES string of the molecule is O=C(NCc1ccccc1)C(=O)NC[C@H]1OCCCN1S(=O)(=O)c1ccc(F)cc1. The van der Waals surface area contributed by atoms with E-state index in [2.05, 4.69) is 10.6 Å². The van der Waals surface area contributed by atoms with Crippen LogP contribution >= 0.6 is 0 Å². The summed E-state index contributed by atoms with van der Waals surface area (Å²) in [6, 6.07) is 13.6. The number of ether oxygens (including phenoxy) is 1. The van der Waals surface area contributed by atoms with Crippen LogP contribution in [0.1, 0.15) is 12.0 Å². The van der Waals surface area contributed by atoms with E-state index in [9.17, 15) is 22.4 Å². The van der Waals surface area contributed by atoms with Crippen LogP contribution in [0.2, 0.25) is 0 Å². The predicted octanol–water partition coefficient (Wildman–Crippen LogP) is 0.995. The van der Waals surface area contributed by atoms with Crippen LogP contribution in [0.3, 0.4) is 0 Å². The van der Waals surface area contributed by atoms with Crippen molar-refractivity contribution in [2.45, 2.75) is 24.1 Å². The first kappa shape index (κ1) is 21.9. The van der Waals surface area contributed by atoms with Gasteiger partial charge in [0, 0.05) is 13.1 Å². The average molecular weight is 435 g/mol. The first-order chi connectivity index (χ1) is 14.4. The van der Waals surface area contributed by atoms with E-state index in [0.29, 0.717) is 13.0 Å². The molecule has 0 saturated carbocycles. The second-order valence-electron chi connectivity index (χ2n) is 6.63. The van der Waals surface area contributed by atoms with E-state index in [1.54, 1.807) is 0 Å². The zero-order chi connectivity index (χ0) is 21.6. The predicted molar refractivity (Wildman–Crippen MR) is 106 cm³/mol. The van der Waals surface area contributed by atoms with Crippen molar-refractivity contribution in [2.75, 3.05) is 19.7 Å². The number of hydrogen-bond donors (Lipinski definition) is 2. The fourth-order valence-electron chi connectivity index (χ4n) is 2.96. The average Bonchev–Trinajstić information content (AvgIpc) is 2.77. The molecule has 0 bridgehead atoms. The van der Waals surface area contributed by atoms with E-state index in [1.807, 2.05) is 30.3 Å². The highest BCUT2D eigenvalue weighted by molar-refractivity contribution is 7.89. The molecule has 3 rings (SSSR count). The van der Waals surface area contributed by atoms with Crippen LogP contribution in [0.25, 0.3) is 0 Å². The van der Waals surface area contributed by atoms with Gasteiger partial charge in [0.15, 0.2) is 0 Å². The maximum Gasteiger partial charge on any atom is 0.309 e. The molecule has 1 aliphatic heterocycles. The Morgan fingerprint density at radius 1 is 1.03 bits per heavy atom. The van der Waals surface area contributed by atoms with Gasteiger partial charge in [-0.1, -0.05) is 30.3 Å². The molecule has 0 unspecified atom stereocenters. The van der Waals surface area contributed by atoms with Gasteiger partial charge in [0.1, 0.15) is 12.0 Å². The smallest absolute Gasteiger partial charge is 0.309 e. The van der Waals surface area contributed by atoms with Gasteiger partial charge in [0.25, 0.3) is 0 Å². The zero-order valence-corrected chi connectivity index (χ0v) is 16.9. The largest absolute Gasteiger partial charge is 0.360 e. The minimum absolute atomic E-state index is 0.0775. The van der Waals surface area contributed by atoms with Crippen molar-refractivity contribution in [2.24, 2.45) is 0 Å². The summed E-state index contributed by atoms with van der Waals surface area (Å²) in [6.45, 7) is 0.493. The number of hydrogen-bond acceptors (Lipinski definition) is 5. The van der Waals surface area contributed by atoms with E-state index < -0.39 is 33.9 Å². The molecule has 1 heterocycles. The molecule has 1 fully saturated rings. The van der Waals surface area contributed by atoms with Crippen LogP contribution in [-0.4, -0.2) is 50.5 Å². The molecule has 10 heteroatoms. The molecule has 2 aromatic carbocycles. The van der Waals surface area contributed by atoms with E-state index in [0.717, 1.165) is 22.0 Å². The van der Waals surface area contributed by atoms with Crippen molar-refractivity contribution >= 4 is 21.8 Å². The lowest BCUT2D eigenvalue weighted by Crippen LogP contribution is -2.53. The van der Waals surface area contributed by atoms with Crippen LogP contribution in [0.5, 0.6) is 0 Å². The summed E-state index contributed by atoms with van der Waals surface area (Å²) in [5.41, 5.74) is 0.839. The van der Waals surface area contributed by atoms with Gasteiger partial charge in [0.05, 0.1) is 18.0 Å². The molecule has 160 valence electrons. The topological polar surface area (TPSA) is 105 Å². The molecule has 2 N–H and O–H groups in total. The Labute approximate surface area is 174 Å². The summed E-state index contributed by atoms with van der Waals surface area (Å²) in [6.07, 6.45) is -0.498. The highest BCUT2D eigenvalue weighted by Crippen LogP contribution is 2.22. The molecule has 1 aliphatic rings. The molecular weight excluding hydrogens is 413 g/mol. The number of rotatable bonds is 6. The molecule has 1 saturated heterocycles. The van der Waals surface area contributed by atoms with Gasteiger partial charge in [0.2, 0.25) is 10.0 Å². The normalized spacial score (nSPS) is 17.3. The third-order valence-electron chi connectivity index (χ3n) is 4.51. The Morgan fingerprint density at radius 3 is 2.40 bits per heavy atom. The lowest BCUT2D eigenvalue weighted by atomic mass is 10.2. The summed E-state index contributed by atoms with van der Waals surface area (Å²) in [4.78, 5) is 24.0. The first-order valence-corrected chi connectivity index (χ1v) is 10.8. The van der Waals surface area contributed by atoms with Crippen molar-refractivity contribution in [1.82, 2.24) is 14.9 Å². The zero-order valence-electron chi connectivity index (χ0n) is 16.1. The molecule has 1 atom stereocenters. The van der Waals surface area contributed by atoms with E-state index in [4.69, 9.17) is 4.74 Å². The number of nitrogens with one attached hydrogen (secondary N) is 2. The summed E-state index contributed by atoms with van der Waals surface area (Å²) >= 11 is 0. The standard InChI is InChI=1S/C20H22FN3O5S/c21-16-7-9-17(10-8-16)30(27,28)24-11-4-12-29-18(24)14-23-20(26)19(25)22-13-15-5-2-1-3-6-15/h1-3,5-10,18H,4,11-14H2,(H,22,25)(H,23,26)/t18-/m1/s1. The fourth-order valence-corrected chi connectivity index (χ4v) is 4.53. The molecule has 0 aliphatic carbocycles. The van der Waals surface area contributed by atoms with Crippen LogP contribution in [-0.2, 0) is 30.9 Å². The lowest BCUT2D eigenvalue weighted by molar-refractivity contribution is -0.140. The number of carbonyl (C=O) groups is 2. The molecule has 2 amide bonds. The van der Waals surface area contributed by atoms with Gasteiger partial charge >= 0.3 is 11.8 Å². The van der Waals surface area contributed by atoms with Gasteiger partial charge in [-0.15, -0.1) is 0 Å². The molecule has 2 aromatic rings. The van der Waals surface area contributed by atoms with Crippen LogP contribution in [0.15, 0.2) is 59.5 Å². The number of benzene rings is 2. The van der Waals surface area contributed by atoms with Gasteiger partial charge in [-0.3, -0.25) is 9.59 Å². The number of halogens is 1. The molecule has 8 nitrogen and oxygen atoms in total.